The minimum absolute atomic E-state index is 0.0159. The SMILES string of the molecule is O=C(c1cnccn1)N1CCC2(CC1)CC(CCN1CCC(n3c(=O)[nH]c4ccccc43)CC1)C2. The Hall–Kier alpha value is -3.00. The van der Waals surface area contributed by atoms with Gasteiger partial charge in [0, 0.05) is 44.6 Å². The maximum absolute atomic E-state index is 12.6. The molecule has 3 aliphatic rings. The molecule has 1 aromatic carbocycles. The number of benzene rings is 1. The van der Waals surface area contributed by atoms with E-state index in [4.69, 9.17) is 0 Å². The summed E-state index contributed by atoms with van der Waals surface area (Å²) in [4.78, 5) is 40.9. The highest BCUT2D eigenvalue weighted by atomic mass is 16.2. The zero-order valence-corrected chi connectivity index (χ0v) is 20.2. The van der Waals surface area contributed by atoms with Crippen molar-refractivity contribution in [3.05, 3.63) is 59.0 Å². The highest BCUT2D eigenvalue weighted by molar-refractivity contribution is 5.92. The summed E-state index contributed by atoms with van der Waals surface area (Å²) in [6.07, 6.45) is 12.9. The van der Waals surface area contributed by atoms with Crippen LogP contribution >= 0.6 is 0 Å². The largest absolute Gasteiger partial charge is 0.337 e. The van der Waals surface area contributed by atoms with Gasteiger partial charge in [-0.15, -0.1) is 0 Å². The number of amides is 1. The molecule has 6 rings (SSSR count). The molecule has 3 fully saturated rings. The summed E-state index contributed by atoms with van der Waals surface area (Å²) in [6, 6.07) is 8.29. The number of piperidine rings is 2. The molecule has 1 spiro atoms. The molecule has 1 aliphatic carbocycles. The Morgan fingerprint density at radius 2 is 1.83 bits per heavy atom. The number of hydrogen-bond acceptors (Lipinski definition) is 5. The number of carbonyl (C=O) groups excluding carboxylic acids is 1. The minimum atomic E-state index is 0.0159. The second-order valence-electron chi connectivity index (χ2n) is 10.8. The molecule has 184 valence electrons. The molecule has 1 amide bonds. The molecule has 8 heteroatoms. The molecule has 3 aromatic rings. The van der Waals surface area contributed by atoms with Crippen LogP contribution in [-0.4, -0.2) is 67.9 Å². The zero-order chi connectivity index (χ0) is 23.8. The van der Waals surface area contributed by atoms with Crippen molar-refractivity contribution < 1.29 is 4.79 Å². The van der Waals surface area contributed by atoms with E-state index >= 15 is 0 Å². The standard InChI is InChI=1S/C27H34N6O2/c34-25(23-19-28-10-11-29-23)32-15-8-27(9-16-32)17-20(18-27)5-12-31-13-6-21(7-14-31)33-24-4-2-1-3-22(24)30-26(33)35/h1-4,10-11,19-21H,5-9,12-18H2,(H,30,35). The maximum Gasteiger partial charge on any atom is 0.326 e. The second-order valence-corrected chi connectivity index (χ2v) is 10.8. The van der Waals surface area contributed by atoms with Gasteiger partial charge in [0.1, 0.15) is 5.69 Å². The van der Waals surface area contributed by atoms with Crippen molar-refractivity contribution in [3.8, 4) is 0 Å². The van der Waals surface area contributed by atoms with Crippen LogP contribution in [0, 0.1) is 11.3 Å². The molecule has 0 unspecified atom stereocenters. The monoisotopic (exact) mass is 474 g/mol. The van der Waals surface area contributed by atoms with Crippen LogP contribution in [0.4, 0.5) is 0 Å². The minimum Gasteiger partial charge on any atom is -0.337 e. The van der Waals surface area contributed by atoms with Crippen molar-refractivity contribution in [3.63, 3.8) is 0 Å². The Morgan fingerprint density at radius 1 is 1.06 bits per heavy atom. The van der Waals surface area contributed by atoms with Crippen LogP contribution in [-0.2, 0) is 0 Å². The Kier molecular flexibility index (Phi) is 5.92. The summed E-state index contributed by atoms with van der Waals surface area (Å²) in [5.74, 6) is 0.827. The molecule has 0 atom stereocenters. The molecule has 0 bridgehead atoms. The quantitative estimate of drug-likeness (QED) is 0.612. The lowest BCUT2D eigenvalue weighted by Gasteiger charge is -2.52. The summed E-state index contributed by atoms with van der Waals surface area (Å²) < 4.78 is 1.98. The number of H-pyrrole nitrogens is 1. The number of likely N-dealkylation sites (tertiary alicyclic amines) is 2. The van der Waals surface area contributed by atoms with Gasteiger partial charge in [-0.25, -0.2) is 9.78 Å². The van der Waals surface area contributed by atoms with Crippen LogP contribution in [0.15, 0.2) is 47.7 Å². The summed E-state index contributed by atoms with van der Waals surface area (Å²) in [6.45, 7) is 4.96. The van der Waals surface area contributed by atoms with Gasteiger partial charge in [0.05, 0.1) is 17.2 Å². The van der Waals surface area contributed by atoms with Crippen molar-refractivity contribution >= 4 is 16.9 Å². The Labute approximate surface area is 205 Å². The van der Waals surface area contributed by atoms with E-state index < -0.39 is 0 Å². The van der Waals surface area contributed by atoms with Gasteiger partial charge in [0.2, 0.25) is 0 Å². The smallest absolute Gasteiger partial charge is 0.326 e. The van der Waals surface area contributed by atoms with Gasteiger partial charge in [0.25, 0.3) is 5.91 Å². The fourth-order valence-corrected chi connectivity index (χ4v) is 6.74. The summed E-state index contributed by atoms with van der Waals surface area (Å²) in [5, 5.41) is 0. The number of nitrogens with zero attached hydrogens (tertiary/aromatic N) is 5. The third kappa shape index (κ3) is 4.40. The molecule has 2 saturated heterocycles. The third-order valence-corrected chi connectivity index (χ3v) is 8.74. The third-order valence-electron chi connectivity index (χ3n) is 8.74. The van der Waals surface area contributed by atoms with Crippen molar-refractivity contribution in [1.29, 1.82) is 0 Å². The van der Waals surface area contributed by atoms with Gasteiger partial charge in [-0.05, 0) is 75.0 Å². The maximum atomic E-state index is 12.6. The van der Waals surface area contributed by atoms with Crippen molar-refractivity contribution in [1.82, 2.24) is 29.3 Å². The molecule has 0 radical (unpaired) electrons. The zero-order valence-electron chi connectivity index (χ0n) is 20.2. The topological polar surface area (TPSA) is 87.1 Å². The number of aromatic amines is 1. The predicted octanol–water partition coefficient (Wildman–Crippen LogP) is 3.48. The van der Waals surface area contributed by atoms with E-state index in [0.29, 0.717) is 11.1 Å². The Bertz CT molecular complexity index is 1230. The van der Waals surface area contributed by atoms with Gasteiger partial charge in [0.15, 0.2) is 0 Å². The molecule has 2 aromatic heterocycles. The number of aromatic nitrogens is 4. The first-order valence-corrected chi connectivity index (χ1v) is 13.1. The first-order chi connectivity index (χ1) is 17.1. The van der Waals surface area contributed by atoms with Crippen LogP contribution < -0.4 is 5.69 Å². The summed E-state index contributed by atoms with van der Waals surface area (Å²) in [5.41, 5.74) is 2.89. The van der Waals surface area contributed by atoms with E-state index in [1.165, 1.54) is 19.3 Å². The fourth-order valence-electron chi connectivity index (χ4n) is 6.74. The second kappa shape index (κ2) is 9.22. The lowest BCUT2D eigenvalue weighted by molar-refractivity contribution is -0.0160. The molecule has 4 heterocycles. The fraction of sp³-hybridized carbons (Fsp3) is 0.556. The van der Waals surface area contributed by atoms with E-state index in [1.807, 2.05) is 33.7 Å². The van der Waals surface area contributed by atoms with E-state index in [9.17, 15) is 9.59 Å². The van der Waals surface area contributed by atoms with Gasteiger partial charge >= 0.3 is 5.69 Å². The predicted molar refractivity (Wildman–Crippen MR) is 134 cm³/mol. The first-order valence-electron chi connectivity index (χ1n) is 13.1. The molecule has 8 nitrogen and oxygen atoms in total. The summed E-state index contributed by atoms with van der Waals surface area (Å²) >= 11 is 0. The molecule has 35 heavy (non-hydrogen) atoms. The van der Waals surface area contributed by atoms with Gasteiger partial charge in [-0.3, -0.25) is 14.3 Å². The lowest BCUT2D eigenvalue weighted by atomic mass is 9.57. The molecular weight excluding hydrogens is 440 g/mol. The van der Waals surface area contributed by atoms with Gasteiger partial charge in [-0.1, -0.05) is 12.1 Å². The highest BCUT2D eigenvalue weighted by Gasteiger charge is 2.46. The van der Waals surface area contributed by atoms with Crippen molar-refractivity contribution in [2.75, 3.05) is 32.7 Å². The van der Waals surface area contributed by atoms with Crippen molar-refractivity contribution in [2.24, 2.45) is 11.3 Å². The van der Waals surface area contributed by atoms with Gasteiger partial charge < -0.3 is 14.8 Å². The molecule has 1 N–H and O–H groups in total. The van der Waals surface area contributed by atoms with E-state index in [-0.39, 0.29) is 17.6 Å². The van der Waals surface area contributed by atoms with Gasteiger partial charge in [-0.2, -0.15) is 0 Å². The molecule has 1 saturated carbocycles. The number of para-hydroxylation sites is 2. The number of fused-ring (bicyclic) bond motifs is 1. The van der Waals surface area contributed by atoms with E-state index in [0.717, 1.165) is 75.4 Å². The Morgan fingerprint density at radius 3 is 2.57 bits per heavy atom. The summed E-state index contributed by atoms with van der Waals surface area (Å²) in [7, 11) is 0. The van der Waals surface area contributed by atoms with Crippen molar-refractivity contribution in [2.45, 2.75) is 51.0 Å². The van der Waals surface area contributed by atoms with E-state index in [1.54, 1.807) is 18.6 Å². The number of nitrogens with one attached hydrogen (secondary N) is 1. The molecular formula is C27H34N6O2. The Balaban J connectivity index is 0.941. The van der Waals surface area contributed by atoms with Crippen LogP contribution in [0.3, 0.4) is 0 Å². The normalized spacial score (nSPS) is 21.4. The lowest BCUT2D eigenvalue weighted by Crippen LogP contribution is -2.49. The number of hydrogen-bond donors (Lipinski definition) is 1. The number of carbonyl (C=O) groups is 1. The number of rotatable bonds is 5. The first kappa shape index (κ1) is 22.5. The van der Waals surface area contributed by atoms with E-state index in [2.05, 4.69) is 19.9 Å². The van der Waals surface area contributed by atoms with Crippen LogP contribution in [0.2, 0.25) is 0 Å². The average molecular weight is 475 g/mol. The highest BCUT2D eigenvalue weighted by Crippen LogP contribution is 2.53. The van der Waals surface area contributed by atoms with Crippen LogP contribution in [0.1, 0.15) is 61.5 Å². The molecule has 2 aliphatic heterocycles. The average Bonchev–Trinajstić information content (AvgIpc) is 3.22. The van der Waals surface area contributed by atoms with Crippen LogP contribution in [0.5, 0.6) is 0 Å². The number of imidazole rings is 1. The van der Waals surface area contributed by atoms with Crippen LogP contribution in [0.25, 0.3) is 11.0 Å².